The van der Waals surface area contributed by atoms with Gasteiger partial charge in [0, 0.05) is 10.8 Å². The van der Waals surface area contributed by atoms with Crippen molar-refractivity contribution < 1.29 is 17.6 Å². The Kier molecular flexibility index (Phi) is 6.00. The molecule has 0 radical (unpaired) electrons. The maximum Gasteiger partial charge on any atom is 0.293 e. The molecule has 1 amide bonds. The third-order valence-electron chi connectivity index (χ3n) is 3.15. The van der Waals surface area contributed by atoms with Crippen LogP contribution in [0, 0.1) is 0 Å². The molecule has 0 saturated carbocycles. The third kappa shape index (κ3) is 4.59. The van der Waals surface area contributed by atoms with Crippen LogP contribution >= 0.6 is 34.7 Å². The van der Waals surface area contributed by atoms with Crippen LogP contribution in [0.5, 0.6) is 0 Å². The van der Waals surface area contributed by atoms with Crippen LogP contribution in [0.25, 0.3) is 0 Å². The van der Waals surface area contributed by atoms with E-state index in [1.165, 1.54) is 59.5 Å². The smallest absolute Gasteiger partial charge is 0.293 e. The van der Waals surface area contributed by atoms with Gasteiger partial charge in [-0.15, -0.1) is 16.8 Å². The van der Waals surface area contributed by atoms with Crippen molar-refractivity contribution in [2.45, 2.75) is 14.3 Å². The number of carbonyl (C=O) groups excluding carboxylic acids is 1. The minimum absolute atomic E-state index is 0.0150. The van der Waals surface area contributed by atoms with Gasteiger partial charge in [0.2, 0.25) is 20.1 Å². The molecule has 0 unspecified atom stereocenters. The molecule has 0 aliphatic heterocycles. The fourth-order valence-corrected chi connectivity index (χ4v) is 4.73. The van der Waals surface area contributed by atoms with E-state index in [4.69, 9.17) is 16.0 Å². The Hall–Kier alpha value is -2.14. The Labute approximate surface area is 168 Å². The van der Waals surface area contributed by atoms with Crippen molar-refractivity contribution in [2.75, 3.05) is 11.1 Å². The number of furan rings is 1. The van der Waals surface area contributed by atoms with Gasteiger partial charge in [-0.25, -0.2) is 8.42 Å². The second kappa shape index (κ2) is 8.26. The highest BCUT2D eigenvalue weighted by Crippen LogP contribution is 2.27. The Morgan fingerprint density at radius 1 is 1.26 bits per heavy atom. The summed E-state index contributed by atoms with van der Waals surface area (Å²) in [7, 11) is -3.89. The summed E-state index contributed by atoms with van der Waals surface area (Å²) in [5.74, 6) is -0.103. The molecule has 7 nitrogen and oxygen atoms in total. The average Bonchev–Trinajstić information content (AvgIpc) is 3.30. The molecular weight excluding hydrogens is 430 g/mol. The summed E-state index contributed by atoms with van der Waals surface area (Å²) < 4.78 is 31.0. The van der Waals surface area contributed by atoms with E-state index in [0.29, 0.717) is 15.1 Å². The molecule has 1 aromatic carbocycles. The van der Waals surface area contributed by atoms with Crippen molar-refractivity contribution in [3.05, 3.63) is 59.8 Å². The van der Waals surface area contributed by atoms with E-state index in [1.807, 2.05) is 0 Å². The number of anilines is 1. The number of aromatic nitrogens is 2. The molecule has 140 valence electrons. The van der Waals surface area contributed by atoms with Crippen LogP contribution in [-0.2, 0) is 9.84 Å². The van der Waals surface area contributed by atoms with Crippen molar-refractivity contribution in [1.29, 1.82) is 0 Å². The molecule has 0 spiro atoms. The number of hydrogen-bond donors (Lipinski definition) is 1. The summed E-state index contributed by atoms with van der Waals surface area (Å²) in [5.41, 5.74) is 0. The van der Waals surface area contributed by atoms with E-state index in [-0.39, 0.29) is 20.9 Å². The first-order valence-electron chi connectivity index (χ1n) is 7.39. The third-order valence-corrected chi connectivity index (χ3v) is 7.01. The lowest BCUT2D eigenvalue weighted by Gasteiger charge is -2.01. The molecule has 2 aromatic heterocycles. The van der Waals surface area contributed by atoms with Gasteiger partial charge in [0.05, 0.1) is 4.90 Å². The summed E-state index contributed by atoms with van der Waals surface area (Å²) in [6.07, 6.45) is 1.73. The molecule has 0 fully saturated rings. The van der Waals surface area contributed by atoms with Crippen LogP contribution in [0.1, 0.15) is 10.6 Å². The fraction of sp³-hybridized carbons (Fsp3) is 0.0625. The molecule has 27 heavy (non-hydrogen) atoms. The lowest BCUT2D eigenvalue weighted by atomic mass is 10.4. The summed E-state index contributed by atoms with van der Waals surface area (Å²) in [4.78, 5) is 12.3. The van der Waals surface area contributed by atoms with Gasteiger partial charge >= 0.3 is 0 Å². The first-order valence-corrected chi connectivity index (χ1v) is 11.1. The minimum atomic E-state index is -3.89. The Balaban J connectivity index is 1.74. The maximum absolute atomic E-state index is 12.5. The number of hydrogen-bond acceptors (Lipinski definition) is 8. The zero-order chi connectivity index (χ0) is 19.4. The normalized spacial score (nSPS) is 11.3. The SMILES string of the molecule is C=CCSc1nnc(NC(=O)c2ccc(S(=O)(=O)c3ccc(Cl)cc3)o2)s1. The van der Waals surface area contributed by atoms with Crippen molar-refractivity contribution in [3.63, 3.8) is 0 Å². The second-order valence-electron chi connectivity index (χ2n) is 5.00. The van der Waals surface area contributed by atoms with Gasteiger partial charge < -0.3 is 4.42 Å². The highest BCUT2D eigenvalue weighted by Gasteiger charge is 2.24. The van der Waals surface area contributed by atoms with Gasteiger partial charge in [0.1, 0.15) is 0 Å². The van der Waals surface area contributed by atoms with E-state index < -0.39 is 15.7 Å². The van der Waals surface area contributed by atoms with Crippen molar-refractivity contribution >= 4 is 55.6 Å². The zero-order valence-corrected chi connectivity index (χ0v) is 16.8. The van der Waals surface area contributed by atoms with E-state index in [2.05, 4.69) is 22.1 Å². The molecule has 2 heterocycles. The predicted octanol–water partition coefficient (Wildman–Crippen LogP) is 4.15. The standard InChI is InChI=1S/C16H12ClN3O4S3/c1-2-9-25-16-20-19-15(26-16)18-14(21)12-7-8-13(24-12)27(22,23)11-5-3-10(17)4-6-11/h2-8H,1,9H2,(H,18,19,21). The number of sulfone groups is 1. The number of rotatable bonds is 7. The lowest BCUT2D eigenvalue weighted by molar-refractivity contribution is 0.0991. The van der Waals surface area contributed by atoms with Crippen molar-refractivity contribution in [2.24, 2.45) is 0 Å². The molecule has 3 rings (SSSR count). The van der Waals surface area contributed by atoms with Crippen LogP contribution < -0.4 is 5.32 Å². The molecule has 0 atom stereocenters. The van der Waals surface area contributed by atoms with Crippen molar-refractivity contribution in [1.82, 2.24) is 10.2 Å². The fourth-order valence-electron chi connectivity index (χ4n) is 1.92. The Morgan fingerprint density at radius 2 is 2.00 bits per heavy atom. The predicted molar refractivity (Wildman–Crippen MR) is 104 cm³/mol. The van der Waals surface area contributed by atoms with Crippen LogP contribution in [0.3, 0.4) is 0 Å². The van der Waals surface area contributed by atoms with Gasteiger partial charge in [-0.2, -0.15) is 0 Å². The number of benzene rings is 1. The monoisotopic (exact) mass is 441 g/mol. The number of carbonyl (C=O) groups is 1. The van der Waals surface area contributed by atoms with Crippen LogP contribution in [0.2, 0.25) is 5.02 Å². The molecule has 1 N–H and O–H groups in total. The topological polar surface area (TPSA) is 102 Å². The van der Waals surface area contributed by atoms with Gasteiger partial charge in [0.15, 0.2) is 10.1 Å². The summed E-state index contributed by atoms with van der Waals surface area (Å²) in [6.45, 7) is 3.62. The quantitative estimate of drug-likeness (QED) is 0.333. The van der Waals surface area contributed by atoms with Crippen LogP contribution in [0.4, 0.5) is 5.13 Å². The lowest BCUT2D eigenvalue weighted by Crippen LogP contribution is -2.10. The largest absolute Gasteiger partial charge is 0.439 e. The Morgan fingerprint density at radius 3 is 2.70 bits per heavy atom. The number of amides is 1. The summed E-state index contributed by atoms with van der Waals surface area (Å²) in [6, 6.07) is 8.16. The zero-order valence-electron chi connectivity index (χ0n) is 13.6. The first-order chi connectivity index (χ1) is 12.9. The number of halogens is 1. The van der Waals surface area contributed by atoms with Crippen LogP contribution in [0.15, 0.2) is 67.8 Å². The second-order valence-corrected chi connectivity index (χ2v) is 9.56. The first kappa shape index (κ1) is 19.6. The molecule has 0 aliphatic rings. The highest BCUT2D eigenvalue weighted by atomic mass is 35.5. The molecule has 0 saturated heterocycles. The summed E-state index contributed by atoms with van der Waals surface area (Å²) in [5, 5.41) is 10.7. The van der Waals surface area contributed by atoms with Crippen molar-refractivity contribution in [3.8, 4) is 0 Å². The van der Waals surface area contributed by atoms with E-state index in [0.717, 1.165) is 0 Å². The molecule has 0 aliphatic carbocycles. The van der Waals surface area contributed by atoms with Gasteiger partial charge in [0.25, 0.3) is 5.91 Å². The van der Waals surface area contributed by atoms with Gasteiger partial charge in [-0.1, -0.05) is 40.8 Å². The van der Waals surface area contributed by atoms with Gasteiger partial charge in [-0.3, -0.25) is 10.1 Å². The Bertz CT molecular complexity index is 1070. The maximum atomic E-state index is 12.5. The molecular formula is C16H12ClN3O4S3. The average molecular weight is 442 g/mol. The molecule has 0 bridgehead atoms. The highest BCUT2D eigenvalue weighted by molar-refractivity contribution is 8.01. The number of nitrogens with zero attached hydrogens (tertiary/aromatic N) is 2. The summed E-state index contributed by atoms with van der Waals surface area (Å²) >= 11 is 8.40. The number of thioether (sulfide) groups is 1. The minimum Gasteiger partial charge on any atom is -0.439 e. The van der Waals surface area contributed by atoms with E-state index >= 15 is 0 Å². The van der Waals surface area contributed by atoms with E-state index in [1.54, 1.807) is 6.08 Å². The van der Waals surface area contributed by atoms with E-state index in [9.17, 15) is 13.2 Å². The number of nitrogens with one attached hydrogen (secondary N) is 1. The van der Waals surface area contributed by atoms with Gasteiger partial charge in [-0.05, 0) is 36.4 Å². The molecule has 11 heteroatoms. The molecule has 3 aromatic rings. The van der Waals surface area contributed by atoms with Crippen LogP contribution in [-0.4, -0.2) is 30.3 Å².